The zero-order valence-corrected chi connectivity index (χ0v) is 23.9. The van der Waals surface area contributed by atoms with Crippen LogP contribution in [-0.2, 0) is 32.0 Å². The Bertz CT molecular complexity index is 1630. The summed E-state index contributed by atoms with van der Waals surface area (Å²) in [6, 6.07) is 2.80. The molecule has 240 valence electrons. The van der Waals surface area contributed by atoms with Gasteiger partial charge in [-0.3, -0.25) is 18.5 Å². The predicted molar refractivity (Wildman–Crippen MR) is 135 cm³/mol. The molecule has 44 heavy (non-hydrogen) atoms. The molecule has 4 unspecified atom stereocenters. The number of carbonyl (C=O) groups excluding carboxylic acids is 1. The monoisotopic (exact) mass is 662 g/mol. The molecule has 1 amide bonds. The lowest BCUT2D eigenvalue weighted by Gasteiger charge is -2.31. The summed E-state index contributed by atoms with van der Waals surface area (Å²) in [4.78, 5) is 47.8. The van der Waals surface area contributed by atoms with Crippen molar-refractivity contribution in [1.29, 1.82) is 0 Å². The number of nitrogens with two attached hydrogens (primary N) is 2. The number of hydrogen-bond donors (Lipinski definition) is 6. The third kappa shape index (κ3) is 6.65. The van der Waals surface area contributed by atoms with E-state index in [0.717, 1.165) is 6.33 Å². The van der Waals surface area contributed by atoms with E-state index >= 15 is 0 Å². The van der Waals surface area contributed by atoms with E-state index in [1.165, 1.54) is 40.0 Å². The van der Waals surface area contributed by atoms with E-state index in [1.807, 2.05) is 0 Å². The van der Waals surface area contributed by atoms with Gasteiger partial charge in [-0.25, -0.2) is 19.3 Å². The van der Waals surface area contributed by atoms with E-state index in [4.69, 9.17) is 20.9 Å². The number of hydrogen-bond acceptors (Lipinski definition) is 18. The molecule has 0 bridgehead atoms. The Balaban J connectivity index is 1.16. The summed E-state index contributed by atoms with van der Waals surface area (Å²) in [5.41, 5.74) is 11.3. The maximum Gasteiger partial charge on any atom is 0.292 e. The average Bonchev–Trinajstić information content (AvgIpc) is 3.61. The van der Waals surface area contributed by atoms with Gasteiger partial charge in [0.05, 0.1) is 19.5 Å². The molecule has 5 rings (SSSR count). The molecule has 23 heteroatoms. The maximum atomic E-state index is 12.3. The number of rotatable bonds is 11. The topological polar surface area (TPSA) is 324 Å². The highest BCUT2D eigenvalue weighted by molar-refractivity contribution is 7.59. The Kier molecular flexibility index (Phi) is 9.13. The average molecular weight is 662 g/mol. The lowest BCUT2D eigenvalue weighted by molar-refractivity contribution is -0.765. The summed E-state index contributed by atoms with van der Waals surface area (Å²) in [6.45, 7) is -1.98. The first kappa shape index (κ1) is 32.4. The molecule has 2 aliphatic rings. The number of pyridine rings is 1. The molecule has 0 saturated carbocycles. The molecule has 10 atom stereocenters. The van der Waals surface area contributed by atoms with Crippen LogP contribution in [0.3, 0.4) is 0 Å². The van der Waals surface area contributed by atoms with Crippen LogP contribution in [0.5, 0.6) is 0 Å². The van der Waals surface area contributed by atoms with Crippen molar-refractivity contribution < 1.29 is 71.5 Å². The van der Waals surface area contributed by atoms with Crippen LogP contribution < -0.4 is 25.8 Å². The summed E-state index contributed by atoms with van der Waals surface area (Å²) in [5.74, 6) is -0.743. The summed E-state index contributed by atoms with van der Waals surface area (Å²) in [7, 11) is -11.4. The quantitative estimate of drug-likeness (QED) is 0.0835. The van der Waals surface area contributed by atoms with Crippen LogP contribution in [0.1, 0.15) is 22.8 Å². The van der Waals surface area contributed by atoms with Crippen molar-refractivity contribution in [2.24, 2.45) is 5.73 Å². The molecule has 2 saturated heterocycles. The standard InChI is InChI=1S/C21H27N7O14P2/c22-17-12-19(25-7-24-17)28(8-26-12)21-16(32)14(30)11(41-21)6-39-44(36,37)42-43(34,35)38-5-10-13(29)15(31)20(40-10)27-3-1-2-9(4-27)18(23)33/h1-4,7-8,10-11,13-16,20-21,29-32H,5-6H2,(H5-,22,23,24,25,33,34,35,36,37)/p-1/t10?,11?,13-,14+,15-,16+,20-,21+/m0/s1. The molecule has 2 fully saturated rings. The van der Waals surface area contributed by atoms with E-state index in [0.29, 0.717) is 0 Å². The minimum Gasteiger partial charge on any atom is -0.756 e. The number of aliphatic hydroxyl groups is 4. The number of aliphatic hydroxyl groups excluding tert-OH is 4. The number of phosphoric ester groups is 2. The van der Waals surface area contributed by atoms with E-state index in [2.05, 4.69) is 28.3 Å². The third-order valence-corrected chi connectivity index (χ3v) is 9.26. The van der Waals surface area contributed by atoms with E-state index in [1.54, 1.807) is 0 Å². The molecule has 8 N–H and O–H groups in total. The highest BCUT2D eigenvalue weighted by atomic mass is 31.3. The number of nitrogen functional groups attached to an aromatic ring is 1. The molecule has 0 aliphatic carbocycles. The van der Waals surface area contributed by atoms with Crippen molar-refractivity contribution in [1.82, 2.24) is 19.5 Å². The van der Waals surface area contributed by atoms with Gasteiger partial charge in [-0.1, -0.05) is 0 Å². The lowest BCUT2D eigenvalue weighted by Crippen LogP contribution is -2.46. The number of carbonyl (C=O) groups is 1. The van der Waals surface area contributed by atoms with Gasteiger partial charge in [0.1, 0.15) is 47.9 Å². The molecule has 0 radical (unpaired) electrons. The third-order valence-electron chi connectivity index (χ3n) is 6.73. The molecule has 3 aromatic rings. The van der Waals surface area contributed by atoms with Gasteiger partial charge in [0, 0.05) is 6.07 Å². The second-order valence-electron chi connectivity index (χ2n) is 9.65. The summed E-state index contributed by atoms with van der Waals surface area (Å²) in [5, 5.41) is 41.5. The van der Waals surface area contributed by atoms with Crippen molar-refractivity contribution >= 4 is 38.5 Å². The second-order valence-corrected chi connectivity index (χ2v) is 12.6. The Morgan fingerprint density at radius 3 is 2.30 bits per heavy atom. The fourth-order valence-corrected chi connectivity index (χ4v) is 6.58. The van der Waals surface area contributed by atoms with Gasteiger partial charge in [0.25, 0.3) is 27.8 Å². The molecule has 21 nitrogen and oxygen atoms in total. The van der Waals surface area contributed by atoms with Gasteiger partial charge in [0.2, 0.25) is 0 Å². The van der Waals surface area contributed by atoms with Gasteiger partial charge < -0.3 is 60.2 Å². The Morgan fingerprint density at radius 2 is 1.64 bits per heavy atom. The summed E-state index contributed by atoms with van der Waals surface area (Å²) in [6.07, 6.45) is -7.26. The van der Waals surface area contributed by atoms with E-state index < -0.39 is 83.8 Å². The smallest absolute Gasteiger partial charge is 0.292 e. The molecule has 0 aromatic carbocycles. The zero-order chi connectivity index (χ0) is 32.0. The van der Waals surface area contributed by atoms with E-state index in [9.17, 15) is 44.1 Å². The predicted octanol–water partition coefficient (Wildman–Crippen LogP) is -4.28. The van der Waals surface area contributed by atoms with Gasteiger partial charge >= 0.3 is 0 Å². The molecule has 0 spiro atoms. The Hall–Kier alpha value is -3.01. The number of fused-ring (bicyclic) bond motifs is 1. The van der Waals surface area contributed by atoms with Crippen LogP contribution in [0.15, 0.2) is 37.2 Å². The van der Waals surface area contributed by atoms with Crippen LogP contribution in [0, 0.1) is 0 Å². The minimum absolute atomic E-state index is 0.0363. The van der Waals surface area contributed by atoms with Crippen molar-refractivity contribution in [3.63, 3.8) is 0 Å². The fraction of sp³-hybridized carbons (Fsp3) is 0.476. The molecule has 2 aliphatic heterocycles. The minimum atomic E-state index is -5.68. The molecular formula is C21H26N7O14P2-. The highest BCUT2D eigenvalue weighted by Crippen LogP contribution is 2.56. The Labute approximate surface area is 246 Å². The van der Waals surface area contributed by atoms with E-state index in [-0.39, 0.29) is 22.5 Å². The number of primary amides is 1. The summed E-state index contributed by atoms with van der Waals surface area (Å²) < 4.78 is 51.1. The second kappa shape index (κ2) is 12.4. The van der Waals surface area contributed by atoms with Crippen molar-refractivity contribution in [3.05, 3.63) is 42.7 Å². The first-order valence-electron chi connectivity index (χ1n) is 12.6. The number of amides is 1. The Morgan fingerprint density at radius 1 is 1.00 bits per heavy atom. The lowest BCUT2D eigenvalue weighted by atomic mass is 10.1. The number of nitrogens with zero attached hydrogens (tertiary/aromatic N) is 5. The van der Waals surface area contributed by atoms with Crippen molar-refractivity contribution in [2.45, 2.75) is 49.1 Å². The van der Waals surface area contributed by atoms with Crippen LogP contribution >= 0.6 is 15.6 Å². The number of ether oxygens (including phenoxy) is 2. The van der Waals surface area contributed by atoms with Gasteiger partial charge in [-0.2, -0.15) is 4.57 Å². The van der Waals surface area contributed by atoms with Crippen molar-refractivity contribution in [2.75, 3.05) is 18.9 Å². The largest absolute Gasteiger partial charge is 0.756 e. The maximum absolute atomic E-state index is 12.3. The zero-order valence-electron chi connectivity index (χ0n) is 22.2. The van der Waals surface area contributed by atoms with Crippen LogP contribution in [0.4, 0.5) is 5.82 Å². The number of anilines is 1. The number of imidazole rings is 1. The summed E-state index contributed by atoms with van der Waals surface area (Å²) >= 11 is 0. The van der Waals surface area contributed by atoms with Gasteiger partial charge in [-0.05, 0) is 6.07 Å². The van der Waals surface area contributed by atoms with Gasteiger partial charge in [-0.15, -0.1) is 0 Å². The molecule has 5 heterocycles. The van der Waals surface area contributed by atoms with Crippen LogP contribution in [0.25, 0.3) is 11.2 Å². The molecular weight excluding hydrogens is 636 g/mol. The first-order valence-corrected chi connectivity index (χ1v) is 15.5. The first-order chi connectivity index (χ1) is 20.7. The van der Waals surface area contributed by atoms with Crippen LogP contribution in [-0.4, -0.2) is 95.7 Å². The van der Waals surface area contributed by atoms with Crippen LogP contribution in [0.2, 0.25) is 0 Å². The fourth-order valence-electron chi connectivity index (χ4n) is 4.56. The number of phosphoric acid groups is 2. The number of aromatic nitrogens is 5. The molecule has 3 aromatic heterocycles. The SMILES string of the molecule is NC(=O)c1ccc[n+]([C@H]2OC(COP(=O)([O-])OP(=O)([O-])OCC3O[C@@H](n4cnc5c(N)ncnc54)[C@H](O)[C@@H]3O)[C@H](O)[C@@H]2O)c1. The van der Waals surface area contributed by atoms with Crippen molar-refractivity contribution in [3.8, 4) is 0 Å². The normalized spacial score (nSPS) is 31.6. The highest BCUT2D eigenvalue weighted by Gasteiger charge is 2.49. The van der Waals surface area contributed by atoms with Gasteiger partial charge in [0.15, 0.2) is 36.2 Å².